The van der Waals surface area contributed by atoms with Crippen molar-refractivity contribution in [3.63, 3.8) is 0 Å². The van der Waals surface area contributed by atoms with Crippen LogP contribution >= 0.6 is 0 Å². The first-order valence-corrected chi connectivity index (χ1v) is 12.6. The van der Waals surface area contributed by atoms with Gasteiger partial charge in [0.1, 0.15) is 11.3 Å². The number of ketones is 1. The number of benzene rings is 3. The summed E-state index contributed by atoms with van der Waals surface area (Å²) in [5.41, 5.74) is 2.88. The predicted octanol–water partition coefficient (Wildman–Crippen LogP) is 5.76. The summed E-state index contributed by atoms with van der Waals surface area (Å²) in [6.07, 6.45) is 2.55. The van der Waals surface area contributed by atoms with Crippen LogP contribution in [0.4, 0.5) is 11.4 Å². The van der Waals surface area contributed by atoms with Gasteiger partial charge in [0.15, 0.2) is 22.0 Å². The van der Waals surface area contributed by atoms with Crippen molar-refractivity contribution in [2.75, 3.05) is 17.1 Å². The predicted molar refractivity (Wildman–Crippen MR) is 139 cm³/mol. The lowest BCUT2D eigenvalue weighted by atomic mass is 10.0. The van der Waals surface area contributed by atoms with E-state index in [2.05, 4.69) is 10.0 Å². The highest BCUT2D eigenvalue weighted by Crippen LogP contribution is 2.44. The lowest BCUT2D eigenvalue weighted by Crippen LogP contribution is -2.16. The molecule has 9 heteroatoms. The quantitative estimate of drug-likeness (QED) is 0.205. The minimum Gasteiger partial charge on any atom is -0.505 e. The molecule has 0 aliphatic carbocycles. The first kappa shape index (κ1) is 24.9. The summed E-state index contributed by atoms with van der Waals surface area (Å²) in [7, 11) is -3.03. The Balaban J connectivity index is 1.84. The van der Waals surface area contributed by atoms with Gasteiger partial charge in [-0.15, -0.1) is 0 Å². The smallest absolute Gasteiger partial charge is 0.269 e. The van der Waals surface area contributed by atoms with Gasteiger partial charge in [-0.1, -0.05) is 36.4 Å². The number of allylic oxidation sites excluding steroid dienone is 2. The molecular weight excluding hydrogens is 480 g/mol. The second-order valence-electron chi connectivity index (χ2n) is 8.30. The maximum absolute atomic E-state index is 13.5. The van der Waals surface area contributed by atoms with Crippen molar-refractivity contribution in [2.45, 2.75) is 25.7 Å². The molecule has 1 heterocycles. The van der Waals surface area contributed by atoms with Gasteiger partial charge < -0.3 is 19.6 Å². The number of sulfonamides is 1. The molecule has 0 aliphatic heterocycles. The number of furan rings is 1. The number of nitrogens with one attached hydrogen (secondary N) is 2. The maximum Gasteiger partial charge on any atom is 0.269 e. The molecule has 4 rings (SSSR count). The normalized spacial score (nSPS) is 11.9. The Morgan fingerprint density at radius 1 is 1.00 bits per heavy atom. The number of aryl methyl sites for hydroxylation is 2. The highest BCUT2D eigenvalue weighted by molar-refractivity contribution is 7.93. The Labute approximate surface area is 209 Å². The third kappa shape index (κ3) is 4.65. The summed E-state index contributed by atoms with van der Waals surface area (Å²) in [6, 6.07) is 15.9. The van der Waals surface area contributed by atoms with Gasteiger partial charge in [0.2, 0.25) is 0 Å². The van der Waals surface area contributed by atoms with E-state index in [0.717, 1.165) is 11.3 Å². The van der Waals surface area contributed by atoms with E-state index in [1.165, 1.54) is 25.5 Å². The van der Waals surface area contributed by atoms with Crippen molar-refractivity contribution in [2.24, 2.45) is 0 Å². The molecule has 0 saturated heterocycles. The minimum atomic E-state index is -4.36. The molecule has 3 aromatic carbocycles. The van der Waals surface area contributed by atoms with Gasteiger partial charge in [-0.2, -0.15) is 0 Å². The van der Waals surface area contributed by atoms with E-state index in [-0.39, 0.29) is 22.3 Å². The number of hydrogen-bond donors (Lipinski definition) is 3. The van der Waals surface area contributed by atoms with Crippen LogP contribution in [0.25, 0.3) is 11.0 Å². The Kier molecular flexibility index (Phi) is 6.76. The largest absolute Gasteiger partial charge is 0.505 e. The van der Waals surface area contributed by atoms with Crippen molar-refractivity contribution in [1.82, 2.24) is 0 Å². The fourth-order valence-electron chi connectivity index (χ4n) is 3.93. The molecule has 0 spiro atoms. The minimum absolute atomic E-state index is 0.0102. The second-order valence-corrected chi connectivity index (χ2v) is 9.92. The Bertz CT molecular complexity index is 1600. The second kappa shape index (κ2) is 9.79. The number of aromatic hydroxyl groups is 1. The highest BCUT2D eigenvalue weighted by atomic mass is 32.2. The lowest BCUT2D eigenvalue weighted by molar-refractivity contribution is 0.104. The zero-order valence-corrected chi connectivity index (χ0v) is 21.1. The van der Waals surface area contributed by atoms with Crippen LogP contribution < -0.4 is 14.8 Å². The molecular formula is C27H26N2O6S. The van der Waals surface area contributed by atoms with Crippen molar-refractivity contribution in [3.8, 4) is 11.5 Å². The van der Waals surface area contributed by atoms with Crippen LogP contribution in [0, 0.1) is 13.8 Å². The van der Waals surface area contributed by atoms with Gasteiger partial charge in [-0.25, -0.2) is 8.42 Å². The number of fused-ring (bicyclic) bond motifs is 1. The third-order valence-corrected chi connectivity index (χ3v) is 7.13. The van der Waals surface area contributed by atoms with Gasteiger partial charge in [0.05, 0.1) is 24.4 Å². The molecule has 1 aromatic heterocycles. The summed E-state index contributed by atoms with van der Waals surface area (Å²) in [4.78, 5) is 12.8. The van der Waals surface area contributed by atoms with Crippen LogP contribution in [0.5, 0.6) is 11.5 Å². The summed E-state index contributed by atoms with van der Waals surface area (Å²) < 4.78 is 40.3. The Morgan fingerprint density at radius 3 is 2.22 bits per heavy atom. The molecule has 0 radical (unpaired) electrons. The van der Waals surface area contributed by atoms with Gasteiger partial charge in [-0.3, -0.25) is 9.52 Å². The maximum atomic E-state index is 13.5. The topological polar surface area (TPSA) is 118 Å². The number of carbonyl (C=O) groups excluding carboxylic acids is 1. The van der Waals surface area contributed by atoms with Crippen LogP contribution in [-0.4, -0.2) is 26.4 Å². The molecule has 0 amide bonds. The van der Waals surface area contributed by atoms with E-state index < -0.39 is 26.5 Å². The van der Waals surface area contributed by atoms with Crippen LogP contribution in [-0.2, 0) is 10.0 Å². The lowest BCUT2D eigenvalue weighted by Gasteiger charge is -2.16. The third-order valence-electron chi connectivity index (χ3n) is 5.73. The van der Waals surface area contributed by atoms with Gasteiger partial charge in [0, 0.05) is 17.5 Å². The number of anilines is 2. The average Bonchev–Trinajstić information content (AvgIpc) is 3.29. The number of hydrogen-bond acceptors (Lipinski definition) is 7. The van der Waals surface area contributed by atoms with Gasteiger partial charge >= 0.3 is 0 Å². The van der Waals surface area contributed by atoms with E-state index in [9.17, 15) is 18.3 Å². The first-order valence-electron chi connectivity index (χ1n) is 11.1. The van der Waals surface area contributed by atoms with E-state index in [0.29, 0.717) is 16.9 Å². The standard InChI is InChI=1S/C27H26N2O6S/c1-16-9-5-7-11-20(16)28-18(3)15-22(30)23-24(31)27(26-19(13-14-35-26)25(23)34-4)36(32,33)29-21-12-8-6-10-17(21)2/h5-15,28-29,31H,1-4H3/b18-15-. The van der Waals surface area contributed by atoms with E-state index in [4.69, 9.17) is 9.15 Å². The molecule has 3 N–H and O–H groups in total. The molecule has 0 saturated carbocycles. The summed E-state index contributed by atoms with van der Waals surface area (Å²) >= 11 is 0. The van der Waals surface area contributed by atoms with Crippen molar-refractivity contribution in [3.05, 3.63) is 89.3 Å². The molecule has 36 heavy (non-hydrogen) atoms. The molecule has 0 fully saturated rings. The summed E-state index contributed by atoms with van der Waals surface area (Å²) in [5, 5.41) is 14.6. The zero-order chi connectivity index (χ0) is 26.0. The number of carbonyl (C=O) groups is 1. The number of phenols is 1. The summed E-state index contributed by atoms with van der Waals surface area (Å²) in [5.74, 6) is -1.39. The van der Waals surface area contributed by atoms with Crippen LogP contribution in [0.3, 0.4) is 0 Å². The number of phenolic OH excluding ortho intramolecular Hbond substituents is 1. The van der Waals surface area contributed by atoms with Crippen molar-refractivity contribution < 1.29 is 27.5 Å². The molecule has 0 atom stereocenters. The number of rotatable bonds is 8. The van der Waals surface area contributed by atoms with E-state index in [1.807, 2.05) is 31.2 Å². The Hall–Kier alpha value is -4.24. The average molecular weight is 507 g/mol. The number of ether oxygens (including phenoxy) is 1. The fourth-order valence-corrected chi connectivity index (χ4v) is 5.31. The number of methoxy groups -OCH3 is 1. The van der Waals surface area contributed by atoms with Gasteiger partial charge in [0.25, 0.3) is 10.0 Å². The SMILES string of the molecule is COc1c(C(=O)/C=C(/C)Nc2ccccc2C)c(O)c(S(=O)(=O)Nc2ccccc2C)c2occc12. The molecule has 4 aromatic rings. The van der Waals surface area contributed by atoms with E-state index >= 15 is 0 Å². The molecule has 0 bridgehead atoms. The Morgan fingerprint density at radius 2 is 1.61 bits per heavy atom. The zero-order valence-electron chi connectivity index (χ0n) is 20.2. The van der Waals surface area contributed by atoms with Gasteiger partial charge in [-0.05, 0) is 50.1 Å². The molecule has 186 valence electrons. The molecule has 8 nitrogen and oxygen atoms in total. The van der Waals surface area contributed by atoms with E-state index in [1.54, 1.807) is 38.1 Å². The summed E-state index contributed by atoms with van der Waals surface area (Å²) in [6.45, 7) is 5.37. The van der Waals surface area contributed by atoms with Crippen molar-refractivity contribution in [1.29, 1.82) is 0 Å². The van der Waals surface area contributed by atoms with Crippen LogP contribution in [0.1, 0.15) is 28.4 Å². The molecule has 0 unspecified atom stereocenters. The van der Waals surface area contributed by atoms with Crippen LogP contribution in [0.2, 0.25) is 0 Å². The van der Waals surface area contributed by atoms with Crippen LogP contribution in [0.15, 0.2) is 81.9 Å². The fraction of sp³-hybridized carbons (Fsp3) is 0.148. The van der Waals surface area contributed by atoms with Crippen molar-refractivity contribution >= 4 is 38.2 Å². The number of para-hydroxylation sites is 2. The monoisotopic (exact) mass is 506 g/mol. The molecule has 0 aliphatic rings. The highest BCUT2D eigenvalue weighted by Gasteiger charge is 2.33. The first-order chi connectivity index (χ1) is 17.1.